The largest absolute Gasteiger partial charge is 0.409 e. The molecule has 16 heavy (non-hydrogen) atoms. The fraction of sp³-hybridized carbons (Fsp3) is 0.800. The van der Waals surface area contributed by atoms with E-state index in [0.717, 1.165) is 18.6 Å². The molecule has 3 N–H and O–H groups in total. The van der Waals surface area contributed by atoms with Crippen LogP contribution in [0.3, 0.4) is 0 Å². The van der Waals surface area contributed by atoms with Crippen LogP contribution in [0.25, 0.3) is 0 Å². The minimum absolute atomic E-state index is 0.101. The van der Waals surface area contributed by atoms with Gasteiger partial charge in [0.15, 0.2) is 0 Å². The zero-order chi connectivity index (χ0) is 12.1. The maximum absolute atomic E-state index is 12.0. The van der Waals surface area contributed by atoms with Gasteiger partial charge in [0.1, 0.15) is 5.84 Å². The lowest BCUT2D eigenvalue weighted by molar-refractivity contribution is -0.129. The van der Waals surface area contributed by atoms with Crippen molar-refractivity contribution in [3.8, 4) is 0 Å². The van der Waals surface area contributed by atoms with E-state index in [1.165, 1.54) is 0 Å². The van der Waals surface area contributed by atoms with E-state index in [4.69, 9.17) is 10.9 Å². The molecule has 0 aliphatic carbocycles. The highest BCUT2D eigenvalue weighted by Crippen LogP contribution is 2.27. The van der Waals surface area contributed by atoms with Crippen LogP contribution in [0.4, 0.5) is 0 Å². The van der Waals surface area contributed by atoms with Crippen molar-refractivity contribution in [2.75, 3.05) is 19.3 Å². The van der Waals surface area contributed by atoms with Crippen molar-refractivity contribution in [2.45, 2.75) is 25.0 Å². The lowest BCUT2D eigenvalue weighted by Crippen LogP contribution is -2.39. The number of hydrogen-bond acceptors (Lipinski definition) is 4. The van der Waals surface area contributed by atoms with E-state index < -0.39 is 0 Å². The summed E-state index contributed by atoms with van der Waals surface area (Å²) >= 11 is 1.72. The normalized spacial score (nSPS) is 23.1. The maximum Gasteiger partial charge on any atom is 0.235 e. The van der Waals surface area contributed by atoms with Gasteiger partial charge in [-0.25, -0.2) is 0 Å². The summed E-state index contributed by atoms with van der Waals surface area (Å²) in [4.78, 5) is 13.6. The first-order chi connectivity index (χ1) is 7.56. The molecule has 92 valence electrons. The van der Waals surface area contributed by atoms with Gasteiger partial charge < -0.3 is 15.8 Å². The third-order valence-corrected chi connectivity index (χ3v) is 4.11. The van der Waals surface area contributed by atoms with E-state index in [1.807, 2.05) is 6.92 Å². The first-order valence-electron chi connectivity index (χ1n) is 5.40. The Hall–Kier alpha value is -0.910. The van der Waals surface area contributed by atoms with E-state index in [9.17, 15) is 4.79 Å². The number of hydrogen-bond donors (Lipinski definition) is 2. The van der Waals surface area contributed by atoms with E-state index >= 15 is 0 Å². The van der Waals surface area contributed by atoms with Gasteiger partial charge in [0.2, 0.25) is 5.91 Å². The summed E-state index contributed by atoms with van der Waals surface area (Å²) in [6.45, 7) is 2.33. The van der Waals surface area contributed by atoms with E-state index in [-0.39, 0.29) is 22.9 Å². The van der Waals surface area contributed by atoms with Crippen LogP contribution in [-0.4, -0.2) is 46.4 Å². The van der Waals surface area contributed by atoms with Gasteiger partial charge in [-0.2, -0.15) is 0 Å². The fourth-order valence-electron chi connectivity index (χ4n) is 1.71. The number of rotatable bonds is 4. The summed E-state index contributed by atoms with van der Waals surface area (Å²) in [7, 11) is 1.77. The van der Waals surface area contributed by atoms with Crippen LogP contribution in [0.1, 0.15) is 19.8 Å². The Balaban J connectivity index is 2.44. The van der Waals surface area contributed by atoms with Crippen LogP contribution < -0.4 is 5.73 Å². The molecule has 1 saturated heterocycles. The molecule has 0 aromatic heterocycles. The maximum atomic E-state index is 12.0. The summed E-state index contributed by atoms with van der Waals surface area (Å²) in [5.41, 5.74) is 5.48. The smallest absolute Gasteiger partial charge is 0.235 e. The predicted molar refractivity (Wildman–Crippen MR) is 65.7 cm³/mol. The molecular formula is C10H19N3O2S. The van der Waals surface area contributed by atoms with Gasteiger partial charge >= 0.3 is 0 Å². The van der Waals surface area contributed by atoms with Gasteiger partial charge in [-0.1, -0.05) is 12.1 Å². The number of carbonyl (C=O) groups excluding carboxylic acids is 1. The quantitative estimate of drug-likeness (QED) is 0.331. The van der Waals surface area contributed by atoms with Gasteiger partial charge in [0.25, 0.3) is 0 Å². The minimum Gasteiger partial charge on any atom is -0.409 e. The molecular weight excluding hydrogens is 226 g/mol. The molecule has 6 heteroatoms. The molecule has 5 nitrogen and oxygen atoms in total. The monoisotopic (exact) mass is 245 g/mol. The topological polar surface area (TPSA) is 78.9 Å². The van der Waals surface area contributed by atoms with Crippen LogP contribution in [0.2, 0.25) is 0 Å². The van der Waals surface area contributed by atoms with Crippen molar-refractivity contribution in [2.24, 2.45) is 16.8 Å². The van der Waals surface area contributed by atoms with Crippen molar-refractivity contribution in [1.82, 2.24) is 4.90 Å². The van der Waals surface area contributed by atoms with Crippen LogP contribution in [0, 0.1) is 5.92 Å². The molecule has 1 rings (SSSR count). The van der Waals surface area contributed by atoms with Crippen molar-refractivity contribution >= 4 is 23.5 Å². The first-order valence-corrected chi connectivity index (χ1v) is 6.45. The lowest BCUT2D eigenvalue weighted by atomic mass is 10.1. The summed E-state index contributed by atoms with van der Waals surface area (Å²) in [6, 6.07) is 0. The summed E-state index contributed by atoms with van der Waals surface area (Å²) < 4.78 is 0. The molecule has 1 amide bonds. The van der Waals surface area contributed by atoms with Gasteiger partial charge in [-0.05, 0) is 18.6 Å². The van der Waals surface area contributed by atoms with E-state index in [1.54, 1.807) is 23.7 Å². The van der Waals surface area contributed by atoms with Crippen molar-refractivity contribution in [3.05, 3.63) is 0 Å². The highest BCUT2D eigenvalue weighted by molar-refractivity contribution is 8.00. The number of oxime groups is 1. The Kier molecular flexibility index (Phi) is 4.92. The Morgan fingerprint density at radius 2 is 2.44 bits per heavy atom. The van der Waals surface area contributed by atoms with Crippen LogP contribution >= 0.6 is 11.8 Å². The molecule has 1 aliphatic heterocycles. The van der Waals surface area contributed by atoms with Crippen LogP contribution in [0.5, 0.6) is 0 Å². The molecule has 1 fully saturated rings. The lowest BCUT2D eigenvalue weighted by Gasteiger charge is -2.23. The molecule has 0 aromatic rings. The van der Waals surface area contributed by atoms with Gasteiger partial charge in [-0.15, -0.1) is 11.8 Å². The highest BCUT2D eigenvalue weighted by atomic mass is 32.2. The molecule has 0 spiro atoms. The Morgan fingerprint density at radius 3 is 2.94 bits per heavy atom. The standard InChI is InChI=1S/C10H19N3O2S/c1-7(9(11)12-15)6-13(2)10(14)8-4-3-5-16-8/h7-8,15H,3-6H2,1-2H3,(H2,11,12). The summed E-state index contributed by atoms with van der Waals surface area (Å²) in [6.07, 6.45) is 2.08. The molecule has 0 bridgehead atoms. The number of nitrogens with two attached hydrogens (primary N) is 1. The SMILES string of the molecule is CC(CN(C)C(=O)C1CCCS1)C(N)=NO. The number of amidine groups is 1. The number of nitrogens with zero attached hydrogens (tertiary/aromatic N) is 2. The second kappa shape index (κ2) is 5.98. The average molecular weight is 245 g/mol. The van der Waals surface area contributed by atoms with E-state index in [2.05, 4.69) is 5.16 Å². The molecule has 0 saturated carbocycles. The summed E-state index contributed by atoms with van der Waals surface area (Å²) in [5, 5.41) is 11.6. The molecule has 0 radical (unpaired) electrons. The third-order valence-electron chi connectivity index (χ3n) is 2.75. The molecule has 1 aliphatic rings. The van der Waals surface area contributed by atoms with Crippen molar-refractivity contribution in [3.63, 3.8) is 0 Å². The van der Waals surface area contributed by atoms with Crippen LogP contribution in [-0.2, 0) is 4.79 Å². The zero-order valence-electron chi connectivity index (χ0n) is 9.72. The molecule has 0 aromatic carbocycles. The minimum atomic E-state index is -0.120. The average Bonchev–Trinajstić information content (AvgIpc) is 2.79. The Morgan fingerprint density at radius 1 is 1.75 bits per heavy atom. The predicted octanol–water partition coefficient (Wildman–Crippen LogP) is 0.723. The Labute approximate surface area is 100 Å². The summed E-state index contributed by atoms with van der Waals surface area (Å²) in [5.74, 6) is 1.27. The van der Waals surface area contributed by atoms with Gasteiger partial charge in [-0.3, -0.25) is 4.79 Å². The fourth-order valence-corrected chi connectivity index (χ4v) is 2.98. The Bertz CT molecular complexity index is 277. The number of thioether (sulfide) groups is 1. The first kappa shape index (κ1) is 13.2. The van der Waals surface area contributed by atoms with Crippen LogP contribution in [0.15, 0.2) is 5.16 Å². The van der Waals surface area contributed by atoms with E-state index in [0.29, 0.717) is 6.54 Å². The molecule has 2 atom stereocenters. The zero-order valence-corrected chi connectivity index (χ0v) is 10.5. The highest BCUT2D eigenvalue weighted by Gasteiger charge is 2.27. The second-order valence-electron chi connectivity index (χ2n) is 4.15. The second-order valence-corrected chi connectivity index (χ2v) is 5.46. The molecule has 2 unspecified atom stereocenters. The third kappa shape index (κ3) is 3.30. The molecule has 1 heterocycles. The van der Waals surface area contributed by atoms with Gasteiger partial charge in [0.05, 0.1) is 5.25 Å². The van der Waals surface area contributed by atoms with Gasteiger partial charge in [0, 0.05) is 19.5 Å². The van der Waals surface area contributed by atoms with Crippen molar-refractivity contribution < 1.29 is 10.0 Å². The number of carbonyl (C=O) groups is 1. The van der Waals surface area contributed by atoms with Crippen molar-refractivity contribution in [1.29, 1.82) is 0 Å². The number of amides is 1.